The van der Waals surface area contributed by atoms with Crippen LogP contribution in [0, 0.1) is 0 Å². The minimum atomic E-state index is 0.321. The number of benzene rings is 1. The van der Waals surface area contributed by atoms with Crippen LogP contribution in [0.2, 0.25) is 0 Å². The van der Waals surface area contributed by atoms with Crippen LogP contribution in [0.5, 0.6) is 5.75 Å². The summed E-state index contributed by atoms with van der Waals surface area (Å²) in [6, 6.07) is 7.83. The van der Waals surface area contributed by atoms with E-state index >= 15 is 0 Å². The van der Waals surface area contributed by atoms with Crippen molar-refractivity contribution >= 4 is 5.69 Å². The van der Waals surface area contributed by atoms with E-state index in [-0.39, 0.29) is 0 Å². The molecule has 0 aliphatic rings. The van der Waals surface area contributed by atoms with Crippen molar-refractivity contribution in [1.29, 1.82) is 0 Å². The van der Waals surface area contributed by atoms with Gasteiger partial charge in [0.2, 0.25) is 0 Å². The molecule has 0 fully saturated rings. The van der Waals surface area contributed by atoms with Crippen LogP contribution in [0.1, 0.15) is 39.5 Å². The predicted octanol–water partition coefficient (Wildman–Crippen LogP) is 3.77. The Hall–Kier alpha value is -1.18. The highest BCUT2D eigenvalue weighted by molar-refractivity contribution is 5.46. The average Bonchev–Trinajstić information content (AvgIpc) is 2.27. The van der Waals surface area contributed by atoms with Crippen LogP contribution in [-0.2, 0) is 0 Å². The van der Waals surface area contributed by atoms with E-state index in [1.165, 1.54) is 19.3 Å². The third-order valence-electron chi connectivity index (χ3n) is 2.64. The fourth-order valence-electron chi connectivity index (χ4n) is 1.62. The Balaban J connectivity index is 2.47. The maximum Gasteiger partial charge on any atom is 0.115 e. The number of hydrogen-bond donors (Lipinski definition) is 2. The Kier molecular flexibility index (Phi) is 5.02. The Morgan fingerprint density at radius 2 is 1.87 bits per heavy atom. The average molecular weight is 207 g/mol. The highest BCUT2D eigenvalue weighted by Gasteiger charge is 2.04. The highest BCUT2D eigenvalue weighted by atomic mass is 16.3. The maximum absolute atomic E-state index is 9.16. The molecule has 0 spiro atoms. The largest absolute Gasteiger partial charge is 0.508 e. The molecule has 2 N–H and O–H groups in total. The molecule has 0 aromatic heterocycles. The number of phenols is 1. The number of unbranched alkanes of at least 4 members (excludes halogenated alkanes) is 1. The lowest BCUT2D eigenvalue weighted by Gasteiger charge is -2.17. The molecule has 2 nitrogen and oxygen atoms in total. The van der Waals surface area contributed by atoms with Gasteiger partial charge >= 0.3 is 0 Å². The zero-order valence-corrected chi connectivity index (χ0v) is 9.66. The predicted molar refractivity (Wildman–Crippen MR) is 65.3 cm³/mol. The first-order valence-electron chi connectivity index (χ1n) is 5.81. The second-order valence-corrected chi connectivity index (χ2v) is 3.94. The van der Waals surface area contributed by atoms with Gasteiger partial charge < -0.3 is 10.4 Å². The fourth-order valence-corrected chi connectivity index (χ4v) is 1.62. The van der Waals surface area contributed by atoms with E-state index in [1.807, 2.05) is 12.1 Å². The van der Waals surface area contributed by atoms with Gasteiger partial charge in [-0.25, -0.2) is 0 Å². The van der Waals surface area contributed by atoms with E-state index in [2.05, 4.69) is 19.2 Å². The second kappa shape index (κ2) is 6.33. The molecule has 15 heavy (non-hydrogen) atoms. The number of nitrogens with one attached hydrogen (secondary N) is 1. The molecule has 1 unspecified atom stereocenters. The first-order chi connectivity index (χ1) is 7.26. The van der Waals surface area contributed by atoms with E-state index in [0.717, 1.165) is 12.1 Å². The molecule has 1 aromatic rings. The quantitative estimate of drug-likeness (QED) is 0.696. The van der Waals surface area contributed by atoms with Gasteiger partial charge in [-0.3, -0.25) is 0 Å². The van der Waals surface area contributed by atoms with Crippen LogP contribution < -0.4 is 5.32 Å². The van der Waals surface area contributed by atoms with Crippen molar-refractivity contribution in [1.82, 2.24) is 0 Å². The summed E-state index contributed by atoms with van der Waals surface area (Å²) in [6.45, 7) is 4.42. The number of anilines is 1. The summed E-state index contributed by atoms with van der Waals surface area (Å²) < 4.78 is 0. The first-order valence-corrected chi connectivity index (χ1v) is 5.81. The van der Waals surface area contributed by atoms with E-state index in [9.17, 15) is 0 Å². The van der Waals surface area contributed by atoms with Gasteiger partial charge in [-0.2, -0.15) is 0 Å². The van der Waals surface area contributed by atoms with Crippen molar-refractivity contribution in [2.24, 2.45) is 0 Å². The van der Waals surface area contributed by atoms with Gasteiger partial charge in [0.15, 0.2) is 0 Å². The molecule has 0 heterocycles. The van der Waals surface area contributed by atoms with Gasteiger partial charge in [-0.1, -0.05) is 26.7 Å². The maximum atomic E-state index is 9.16. The third kappa shape index (κ3) is 4.24. The van der Waals surface area contributed by atoms with Crippen molar-refractivity contribution in [3.63, 3.8) is 0 Å². The second-order valence-electron chi connectivity index (χ2n) is 3.94. The van der Waals surface area contributed by atoms with Crippen molar-refractivity contribution in [2.45, 2.75) is 45.6 Å². The van der Waals surface area contributed by atoms with E-state index < -0.39 is 0 Å². The zero-order valence-electron chi connectivity index (χ0n) is 9.66. The minimum Gasteiger partial charge on any atom is -0.508 e. The van der Waals surface area contributed by atoms with Crippen LogP contribution in [0.15, 0.2) is 24.3 Å². The van der Waals surface area contributed by atoms with Gasteiger partial charge in [-0.05, 0) is 37.1 Å². The Labute approximate surface area is 92.3 Å². The first kappa shape index (κ1) is 11.9. The van der Waals surface area contributed by atoms with Gasteiger partial charge in [0.25, 0.3) is 0 Å². The summed E-state index contributed by atoms with van der Waals surface area (Å²) in [7, 11) is 0. The van der Waals surface area contributed by atoms with Crippen LogP contribution in [0.3, 0.4) is 0 Å². The normalized spacial score (nSPS) is 12.4. The Morgan fingerprint density at radius 3 is 2.40 bits per heavy atom. The van der Waals surface area contributed by atoms with E-state index in [0.29, 0.717) is 11.8 Å². The van der Waals surface area contributed by atoms with Crippen LogP contribution >= 0.6 is 0 Å². The summed E-state index contributed by atoms with van der Waals surface area (Å²) >= 11 is 0. The number of rotatable bonds is 6. The molecule has 0 aliphatic heterocycles. The molecule has 0 radical (unpaired) electrons. The molecule has 1 aromatic carbocycles. The van der Waals surface area contributed by atoms with E-state index in [1.54, 1.807) is 12.1 Å². The Morgan fingerprint density at radius 1 is 1.20 bits per heavy atom. The molecule has 0 amide bonds. The minimum absolute atomic E-state index is 0.321. The highest BCUT2D eigenvalue weighted by Crippen LogP contribution is 2.17. The van der Waals surface area contributed by atoms with Crippen molar-refractivity contribution in [3.05, 3.63) is 24.3 Å². The van der Waals surface area contributed by atoms with Gasteiger partial charge in [-0.15, -0.1) is 0 Å². The molecule has 2 heteroatoms. The smallest absolute Gasteiger partial charge is 0.115 e. The van der Waals surface area contributed by atoms with Crippen molar-refractivity contribution < 1.29 is 5.11 Å². The summed E-state index contributed by atoms with van der Waals surface area (Å²) in [4.78, 5) is 0. The molecule has 1 rings (SSSR count). The standard InChI is InChI=1S/C13H21NO/c1-3-5-6-11(4-2)14-12-7-9-13(15)10-8-12/h7-11,14-15H,3-6H2,1-2H3. The van der Waals surface area contributed by atoms with Crippen molar-refractivity contribution in [2.75, 3.05) is 5.32 Å². The molecular weight excluding hydrogens is 186 g/mol. The summed E-state index contributed by atoms with van der Waals surface area (Å²) in [5.41, 5.74) is 1.09. The van der Waals surface area contributed by atoms with Crippen LogP contribution in [-0.4, -0.2) is 11.1 Å². The summed E-state index contributed by atoms with van der Waals surface area (Å²) in [5, 5.41) is 12.6. The van der Waals surface area contributed by atoms with Gasteiger partial charge in [0.1, 0.15) is 5.75 Å². The molecule has 84 valence electrons. The van der Waals surface area contributed by atoms with E-state index in [4.69, 9.17) is 5.11 Å². The fraction of sp³-hybridized carbons (Fsp3) is 0.538. The monoisotopic (exact) mass is 207 g/mol. The third-order valence-corrected chi connectivity index (χ3v) is 2.64. The summed E-state index contributed by atoms with van der Waals surface area (Å²) in [6.07, 6.45) is 4.87. The number of phenolic OH excluding ortho intramolecular Hbond substituents is 1. The topological polar surface area (TPSA) is 32.3 Å². The lowest BCUT2D eigenvalue weighted by atomic mass is 10.1. The van der Waals surface area contributed by atoms with Crippen molar-refractivity contribution in [3.8, 4) is 5.75 Å². The SMILES string of the molecule is CCCCC(CC)Nc1ccc(O)cc1. The molecule has 0 aliphatic carbocycles. The lowest BCUT2D eigenvalue weighted by molar-refractivity contribution is 0.475. The number of hydrogen-bond acceptors (Lipinski definition) is 2. The van der Waals surface area contributed by atoms with Crippen LogP contribution in [0.4, 0.5) is 5.69 Å². The molecule has 1 atom stereocenters. The zero-order chi connectivity index (χ0) is 11.1. The summed E-state index contributed by atoms with van der Waals surface area (Å²) in [5.74, 6) is 0.321. The molecule has 0 saturated carbocycles. The van der Waals surface area contributed by atoms with Gasteiger partial charge in [0, 0.05) is 11.7 Å². The van der Waals surface area contributed by atoms with Gasteiger partial charge in [0.05, 0.1) is 0 Å². The van der Waals surface area contributed by atoms with Crippen LogP contribution in [0.25, 0.3) is 0 Å². The Bertz CT molecular complexity index is 268. The molecule has 0 saturated heterocycles. The molecular formula is C13H21NO. The number of aromatic hydroxyl groups is 1. The molecule has 0 bridgehead atoms. The lowest BCUT2D eigenvalue weighted by Crippen LogP contribution is -2.17.